The molecule has 0 fully saturated rings. The monoisotopic (exact) mass is 475 g/mol. The summed E-state index contributed by atoms with van der Waals surface area (Å²) < 4.78 is 0. The second-order valence-corrected chi connectivity index (χ2v) is 8.05. The average Bonchev–Trinajstić information content (AvgIpc) is 2.70. The summed E-state index contributed by atoms with van der Waals surface area (Å²) in [4.78, 5) is 52.3. The third kappa shape index (κ3) is 12.0. The topological polar surface area (TPSA) is 255 Å². The highest BCUT2D eigenvalue weighted by Gasteiger charge is 2.32. The highest BCUT2D eigenvalue weighted by molar-refractivity contribution is 5.94. The van der Waals surface area contributed by atoms with E-state index in [0.29, 0.717) is 6.42 Å². The van der Waals surface area contributed by atoms with Crippen molar-refractivity contribution in [3.63, 3.8) is 0 Å². The number of nitrogens with one attached hydrogen (secondary N) is 3. The predicted octanol–water partition coefficient (Wildman–Crippen LogP) is -3.67. The summed E-state index contributed by atoms with van der Waals surface area (Å²) in [5.74, 6) is -3.95. The molecule has 0 aromatic rings. The van der Waals surface area contributed by atoms with Gasteiger partial charge in [0, 0.05) is 6.54 Å². The zero-order chi connectivity index (χ0) is 25.7. The molecule has 14 nitrogen and oxygen atoms in total. The van der Waals surface area contributed by atoms with Gasteiger partial charge in [-0.2, -0.15) is 0 Å². The Morgan fingerprint density at radius 2 is 1.52 bits per heavy atom. The smallest absolute Gasteiger partial charge is 0.326 e. The summed E-state index contributed by atoms with van der Waals surface area (Å²) in [5.41, 5.74) is 16.2. The van der Waals surface area contributed by atoms with Crippen LogP contribution in [0.5, 0.6) is 0 Å². The van der Waals surface area contributed by atoms with Crippen molar-refractivity contribution < 1.29 is 34.5 Å². The fourth-order valence-electron chi connectivity index (χ4n) is 2.77. The third-order valence-corrected chi connectivity index (χ3v) is 4.50. The van der Waals surface area contributed by atoms with E-state index in [1.165, 1.54) is 6.92 Å². The van der Waals surface area contributed by atoms with Crippen LogP contribution in [0.2, 0.25) is 0 Å². The van der Waals surface area contributed by atoms with Crippen LogP contribution in [0.1, 0.15) is 40.0 Å². The van der Waals surface area contributed by atoms with Crippen molar-refractivity contribution in [1.82, 2.24) is 16.0 Å². The van der Waals surface area contributed by atoms with Crippen LogP contribution in [0, 0.1) is 5.92 Å². The van der Waals surface area contributed by atoms with E-state index in [1.54, 1.807) is 0 Å². The molecule has 5 unspecified atom stereocenters. The lowest BCUT2D eigenvalue weighted by molar-refractivity contribution is -0.143. The van der Waals surface area contributed by atoms with E-state index in [-0.39, 0.29) is 31.3 Å². The van der Waals surface area contributed by atoms with Gasteiger partial charge in [-0.1, -0.05) is 13.8 Å². The predicted molar refractivity (Wildman–Crippen MR) is 120 cm³/mol. The first kappa shape index (κ1) is 30.0. The van der Waals surface area contributed by atoms with Crippen LogP contribution >= 0.6 is 0 Å². The van der Waals surface area contributed by atoms with Crippen molar-refractivity contribution in [3.05, 3.63) is 0 Å². The van der Waals surface area contributed by atoms with Crippen molar-refractivity contribution in [1.29, 1.82) is 0 Å². The maximum atomic E-state index is 12.6. The van der Waals surface area contributed by atoms with E-state index in [4.69, 9.17) is 17.2 Å². The van der Waals surface area contributed by atoms with Crippen LogP contribution in [0.15, 0.2) is 4.99 Å². The highest BCUT2D eigenvalue weighted by Crippen LogP contribution is 2.04. The van der Waals surface area contributed by atoms with E-state index < -0.39 is 60.6 Å². The van der Waals surface area contributed by atoms with Gasteiger partial charge < -0.3 is 48.5 Å². The van der Waals surface area contributed by atoms with Crippen LogP contribution < -0.4 is 33.2 Å². The number of aliphatic hydroxyl groups excluding tert-OH is 2. The molecule has 0 heterocycles. The second kappa shape index (κ2) is 15.0. The summed E-state index contributed by atoms with van der Waals surface area (Å²) in [7, 11) is 0. The largest absolute Gasteiger partial charge is 0.480 e. The molecule has 0 saturated carbocycles. The Labute approximate surface area is 192 Å². The molecule has 14 heteroatoms. The number of hydrogen-bond acceptors (Lipinski definition) is 8. The third-order valence-electron chi connectivity index (χ3n) is 4.50. The lowest BCUT2D eigenvalue weighted by atomic mass is 10.0. The first-order chi connectivity index (χ1) is 15.3. The molecule has 0 saturated heterocycles. The molecule has 0 aliphatic rings. The number of nitrogens with two attached hydrogens (primary N) is 3. The number of carboxylic acid groups (broad SMARTS) is 1. The summed E-state index contributed by atoms with van der Waals surface area (Å²) in [5, 5.41) is 35.5. The Morgan fingerprint density at radius 3 is 1.97 bits per heavy atom. The first-order valence-electron chi connectivity index (χ1n) is 10.5. The van der Waals surface area contributed by atoms with Crippen molar-refractivity contribution >= 4 is 29.7 Å². The standard InChI is InChI=1S/C19H37N7O7/c1-9(2)7-11(20)15(29)26-14(10(3)28)17(31)25-13(8-27)16(30)24-12(18(32)33)5-4-6-23-19(21)22/h9-14,27-28H,4-8,20H2,1-3H3,(H,24,30)(H,25,31)(H,26,29)(H,32,33)(H4,21,22,23). The molecule has 0 aromatic heterocycles. The number of aliphatic carboxylic acids is 1. The molecule has 0 radical (unpaired) electrons. The Balaban J connectivity index is 5.11. The van der Waals surface area contributed by atoms with Gasteiger partial charge in [-0.25, -0.2) is 4.79 Å². The van der Waals surface area contributed by atoms with Gasteiger partial charge in [-0.05, 0) is 32.1 Å². The van der Waals surface area contributed by atoms with Gasteiger partial charge in [0.1, 0.15) is 18.1 Å². The quantitative estimate of drug-likeness (QED) is 0.0636. The number of nitrogens with zero attached hydrogens (tertiary/aromatic N) is 1. The summed E-state index contributed by atoms with van der Waals surface area (Å²) >= 11 is 0. The second-order valence-electron chi connectivity index (χ2n) is 8.05. The molecular formula is C19H37N7O7. The number of aliphatic hydroxyl groups is 2. The van der Waals surface area contributed by atoms with Gasteiger partial charge in [-0.3, -0.25) is 19.4 Å². The zero-order valence-corrected chi connectivity index (χ0v) is 19.2. The van der Waals surface area contributed by atoms with Gasteiger partial charge in [-0.15, -0.1) is 0 Å². The number of carboxylic acids is 1. The van der Waals surface area contributed by atoms with Gasteiger partial charge in [0.05, 0.1) is 18.8 Å². The average molecular weight is 476 g/mol. The number of rotatable bonds is 15. The maximum Gasteiger partial charge on any atom is 0.326 e. The number of carbonyl (C=O) groups is 4. The van der Waals surface area contributed by atoms with E-state index in [2.05, 4.69) is 20.9 Å². The number of hydrogen-bond donors (Lipinski definition) is 9. The number of guanidine groups is 1. The summed E-state index contributed by atoms with van der Waals surface area (Å²) in [6.45, 7) is 4.27. The Morgan fingerprint density at radius 1 is 0.939 bits per heavy atom. The zero-order valence-electron chi connectivity index (χ0n) is 19.2. The minimum Gasteiger partial charge on any atom is -0.480 e. The molecule has 0 spiro atoms. The van der Waals surface area contributed by atoms with Gasteiger partial charge in [0.2, 0.25) is 17.7 Å². The fourth-order valence-corrected chi connectivity index (χ4v) is 2.77. The van der Waals surface area contributed by atoms with Gasteiger partial charge >= 0.3 is 5.97 Å². The van der Waals surface area contributed by atoms with Crippen molar-refractivity contribution in [3.8, 4) is 0 Å². The van der Waals surface area contributed by atoms with Crippen molar-refractivity contribution in [2.45, 2.75) is 70.3 Å². The molecular weight excluding hydrogens is 438 g/mol. The SMILES string of the molecule is CC(C)CC(N)C(=O)NC(C(=O)NC(CO)C(=O)NC(CCCN=C(N)N)C(=O)O)C(C)O. The van der Waals surface area contributed by atoms with E-state index >= 15 is 0 Å². The molecule has 0 bridgehead atoms. The fraction of sp³-hybridized carbons (Fsp3) is 0.737. The van der Waals surface area contributed by atoms with E-state index in [9.17, 15) is 34.5 Å². The maximum absolute atomic E-state index is 12.6. The lowest BCUT2D eigenvalue weighted by Gasteiger charge is -2.26. The van der Waals surface area contributed by atoms with E-state index in [0.717, 1.165) is 0 Å². The van der Waals surface area contributed by atoms with Crippen LogP contribution in [-0.2, 0) is 19.2 Å². The summed E-state index contributed by atoms with van der Waals surface area (Å²) in [6, 6.07) is -5.21. The summed E-state index contributed by atoms with van der Waals surface area (Å²) in [6.07, 6.45) is -0.756. The first-order valence-corrected chi connectivity index (χ1v) is 10.5. The molecule has 12 N–H and O–H groups in total. The normalized spacial score (nSPS) is 15.5. The Bertz CT molecular complexity index is 696. The molecule has 5 atom stereocenters. The number of aliphatic imine (C=N–C) groups is 1. The molecule has 190 valence electrons. The molecule has 3 amide bonds. The number of carbonyl (C=O) groups excluding carboxylic acids is 3. The van der Waals surface area contributed by atoms with Crippen LogP contribution in [0.25, 0.3) is 0 Å². The molecule has 0 aromatic carbocycles. The lowest BCUT2D eigenvalue weighted by Crippen LogP contribution is -2.60. The minimum absolute atomic E-state index is 0.00988. The Kier molecular flexibility index (Phi) is 13.6. The minimum atomic E-state index is -1.53. The number of amides is 3. The van der Waals surface area contributed by atoms with Crippen LogP contribution in [0.4, 0.5) is 0 Å². The Hall–Kier alpha value is -2.97. The highest BCUT2D eigenvalue weighted by atomic mass is 16.4. The molecule has 33 heavy (non-hydrogen) atoms. The molecule has 0 aliphatic carbocycles. The molecule has 0 aliphatic heterocycles. The van der Waals surface area contributed by atoms with Crippen LogP contribution in [0.3, 0.4) is 0 Å². The van der Waals surface area contributed by atoms with E-state index in [1.807, 2.05) is 13.8 Å². The van der Waals surface area contributed by atoms with Crippen molar-refractivity contribution in [2.75, 3.05) is 13.2 Å². The van der Waals surface area contributed by atoms with Crippen LogP contribution in [-0.4, -0.2) is 88.4 Å². The molecule has 0 rings (SSSR count). The van der Waals surface area contributed by atoms with Gasteiger partial charge in [0.15, 0.2) is 5.96 Å². The van der Waals surface area contributed by atoms with Crippen molar-refractivity contribution in [2.24, 2.45) is 28.1 Å². The van der Waals surface area contributed by atoms with Gasteiger partial charge in [0.25, 0.3) is 0 Å².